The summed E-state index contributed by atoms with van der Waals surface area (Å²) >= 11 is 0. The maximum Gasteiger partial charge on any atom is 0.293 e. The summed E-state index contributed by atoms with van der Waals surface area (Å²) in [7, 11) is -3.90. The van der Waals surface area contributed by atoms with Crippen LogP contribution in [-0.2, 0) is 10.0 Å². The summed E-state index contributed by atoms with van der Waals surface area (Å²) in [5.41, 5.74) is -0.0156. The molecule has 0 saturated carbocycles. The fourth-order valence-electron chi connectivity index (χ4n) is 2.43. The van der Waals surface area contributed by atoms with Gasteiger partial charge in [-0.1, -0.05) is 6.07 Å². The number of anilines is 1. The lowest BCUT2D eigenvalue weighted by Crippen LogP contribution is -2.30. The number of rotatable bonds is 7. The van der Waals surface area contributed by atoms with Gasteiger partial charge in [-0.05, 0) is 50.6 Å². The summed E-state index contributed by atoms with van der Waals surface area (Å²) in [5.74, 6) is -2.03. The highest BCUT2D eigenvalue weighted by molar-refractivity contribution is 7.89. The Morgan fingerprint density at radius 3 is 2.26 bits per heavy atom. The average Bonchev–Trinajstić information content (AvgIpc) is 2.56. The number of nitro groups is 1. The molecule has 2 N–H and O–H groups in total. The van der Waals surface area contributed by atoms with Crippen molar-refractivity contribution in [3.63, 3.8) is 0 Å². The largest absolute Gasteiger partial charge is 0.373 e. The molecule has 27 heavy (non-hydrogen) atoms. The molecule has 1 atom stereocenters. The third-order valence-corrected chi connectivity index (χ3v) is 5.34. The number of nitrogens with one attached hydrogen (secondary N) is 2. The van der Waals surface area contributed by atoms with Crippen molar-refractivity contribution >= 4 is 21.4 Å². The third-order valence-electron chi connectivity index (χ3n) is 3.68. The molecule has 0 aliphatic heterocycles. The Balaban J connectivity index is 2.36. The first-order valence-electron chi connectivity index (χ1n) is 8.03. The lowest BCUT2D eigenvalue weighted by atomic mass is 10.1. The Bertz CT molecular complexity index is 965. The Morgan fingerprint density at radius 1 is 1.04 bits per heavy atom. The van der Waals surface area contributed by atoms with Crippen LogP contribution in [0.1, 0.15) is 32.4 Å². The van der Waals surface area contributed by atoms with Gasteiger partial charge in [-0.25, -0.2) is 21.9 Å². The van der Waals surface area contributed by atoms with Crippen LogP contribution in [0.25, 0.3) is 0 Å². The molecule has 0 spiro atoms. The minimum Gasteiger partial charge on any atom is -0.373 e. The van der Waals surface area contributed by atoms with Crippen LogP contribution in [0.2, 0.25) is 0 Å². The van der Waals surface area contributed by atoms with E-state index in [9.17, 15) is 27.3 Å². The topological polar surface area (TPSA) is 101 Å². The molecule has 10 heteroatoms. The molecule has 1 unspecified atom stereocenters. The van der Waals surface area contributed by atoms with E-state index in [-0.39, 0.29) is 16.6 Å². The molecule has 7 nitrogen and oxygen atoms in total. The Labute approximate surface area is 155 Å². The van der Waals surface area contributed by atoms with Gasteiger partial charge in [0.2, 0.25) is 10.0 Å². The van der Waals surface area contributed by atoms with E-state index in [2.05, 4.69) is 10.0 Å². The zero-order chi connectivity index (χ0) is 20.4. The van der Waals surface area contributed by atoms with Crippen molar-refractivity contribution in [3.05, 3.63) is 63.7 Å². The summed E-state index contributed by atoms with van der Waals surface area (Å²) in [6.07, 6.45) is 0. The van der Waals surface area contributed by atoms with E-state index in [0.29, 0.717) is 5.56 Å². The third kappa shape index (κ3) is 4.98. The van der Waals surface area contributed by atoms with Gasteiger partial charge in [0.25, 0.3) is 5.69 Å². The summed E-state index contributed by atoms with van der Waals surface area (Å²) < 4.78 is 53.2. The van der Waals surface area contributed by atoms with E-state index in [1.807, 2.05) is 0 Å². The van der Waals surface area contributed by atoms with Gasteiger partial charge in [0.1, 0.15) is 5.69 Å². The standard InChI is InChI=1S/C17H19F2N3O4S/c1-10(2)21-27(25,26)13-5-7-16(17(9-13)22(23)24)20-11(3)12-4-6-14(18)15(19)8-12/h4-11,20-21H,1-3H3. The molecule has 0 amide bonds. The molecule has 2 aromatic rings. The predicted molar refractivity (Wildman–Crippen MR) is 96.9 cm³/mol. The van der Waals surface area contributed by atoms with Gasteiger partial charge in [-0.15, -0.1) is 0 Å². The second-order valence-corrected chi connectivity index (χ2v) is 7.97. The summed E-state index contributed by atoms with van der Waals surface area (Å²) in [6, 6.07) is 5.80. The van der Waals surface area contributed by atoms with Crippen molar-refractivity contribution in [3.8, 4) is 0 Å². The van der Waals surface area contributed by atoms with Crippen LogP contribution < -0.4 is 10.0 Å². The molecule has 0 bridgehead atoms. The van der Waals surface area contributed by atoms with Crippen molar-refractivity contribution in [2.24, 2.45) is 0 Å². The molecule has 2 rings (SSSR count). The SMILES string of the molecule is CC(C)NS(=O)(=O)c1ccc(NC(C)c2ccc(F)c(F)c2)c([N+](=O)[O-])c1. The highest BCUT2D eigenvalue weighted by Crippen LogP contribution is 2.31. The molecule has 0 aliphatic carbocycles. The molecule has 0 heterocycles. The van der Waals surface area contributed by atoms with Gasteiger partial charge in [0.05, 0.1) is 9.82 Å². The number of nitrogens with zero attached hydrogens (tertiary/aromatic N) is 1. The van der Waals surface area contributed by atoms with E-state index >= 15 is 0 Å². The molecule has 146 valence electrons. The monoisotopic (exact) mass is 399 g/mol. The normalized spacial score (nSPS) is 12.8. The smallest absolute Gasteiger partial charge is 0.293 e. The zero-order valence-corrected chi connectivity index (χ0v) is 15.7. The fraction of sp³-hybridized carbons (Fsp3) is 0.294. The lowest BCUT2D eigenvalue weighted by molar-refractivity contribution is -0.384. The number of nitro benzene ring substituents is 1. The maximum atomic E-state index is 13.4. The zero-order valence-electron chi connectivity index (χ0n) is 14.9. The number of hydrogen-bond donors (Lipinski definition) is 2. The van der Waals surface area contributed by atoms with Gasteiger partial charge in [-0.2, -0.15) is 0 Å². The Kier molecular flexibility index (Phi) is 6.11. The lowest BCUT2D eigenvalue weighted by Gasteiger charge is -2.17. The molecular formula is C17H19F2N3O4S. The second kappa shape index (κ2) is 7.97. The molecule has 0 radical (unpaired) electrons. The highest BCUT2D eigenvalue weighted by Gasteiger charge is 2.23. The number of hydrogen-bond acceptors (Lipinski definition) is 5. The minimum absolute atomic E-state index is 0.0562. The van der Waals surface area contributed by atoms with Crippen LogP contribution in [-0.4, -0.2) is 19.4 Å². The number of halogens is 2. The van der Waals surface area contributed by atoms with Crippen molar-refractivity contribution in [2.45, 2.75) is 37.8 Å². The van der Waals surface area contributed by atoms with Gasteiger partial charge < -0.3 is 5.32 Å². The quantitative estimate of drug-likeness (QED) is 0.546. The van der Waals surface area contributed by atoms with Crippen LogP contribution in [0.3, 0.4) is 0 Å². The first kappa shape index (κ1) is 20.7. The van der Waals surface area contributed by atoms with E-state index in [0.717, 1.165) is 18.2 Å². The highest BCUT2D eigenvalue weighted by atomic mass is 32.2. The van der Waals surface area contributed by atoms with Crippen LogP contribution in [0.5, 0.6) is 0 Å². The number of benzene rings is 2. The van der Waals surface area contributed by atoms with Gasteiger partial charge in [-0.3, -0.25) is 10.1 Å². The van der Waals surface area contributed by atoms with Crippen LogP contribution in [0, 0.1) is 21.7 Å². The summed E-state index contributed by atoms with van der Waals surface area (Å²) in [6.45, 7) is 4.87. The first-order valence-corrected chi connectivity index (χ1v) is 9.52. The van der Waals surface area contributed by atoms with Crippen molar-refractivity contribution in [1.29, 1.82) is 0 Å². The summed E-state index contributed by atoms with van der Waals surface area (Å²) in [5, 5.41) is 14.2. The summed E-state index contributed by atoms with van der Waals surface area (Å²) in [4.78, 5) is 10.4. The first-order chi connectivity index (χ1) is 12.5. The van der Waals surface area contributed by atoms with Crippen molar-refractivity contribution in [1.82, 2.24) is 4.72 Å². The molecule has 2 aromatic carbocycles. The Morgan fingerprint density at radius 2 is 1.70 bits per heavy atom. The predicted octanol–water partition coefficient (Wildman–Crippen LogP) is 3.73. The average molecular weight is 399 g/mol. The molecule has 0 aromatic heterocycles. The van der Waals surface area contributed by atoms with E-state index in [1.165, 1.54) is 18.2 Å². The van der Waals surface area contributed by atoms with Crippen LogP contribution in [0.4, 0.5) is 20.2 Å². The van der Waals surface area contributed by atoms with E-state index in [4.69, 9.17) is 0 Å². The minimum atomic E-state index is -3.90. The Hall–Kier alpha value is -2.59. The maximum absolute atomic E-state index is 13.4. The van der Waals surface area contributed by atoms with Crippen LogP contribution >= 0.6 is 0 Å². The molecular weight excluding hydrogens is 380 g/mol. The van der Waals surface area contributed by atoms with Crippen molar-refractivity contribution in [2.75, 3.05) is 5.32 Å². The van der Waals surface area contributed by atoms with Gasteiger partial charge in [0.15, 0.2) is 11.6 Å². The van der Waals surface area contributed by atoms with E-state index < -0.39 is 38.3 Å². The molecule has 0 fully saturated rings. The molecule has 0 saturated heterocycles. The molecule has 0 aliphatic rings. The van der Waals surface area contributed by atoms with Gasteiger partial charge in [0, 0.05) is 18.2 Å². The van der Waals surface area contributed by atoms with Gasteiger partial charge >= 0.3 is 0 Å². The van der Waals surface area contributed by atoms with Crippen LogP contribution in [0.15, 0.2) is 41.3 Å². The second-order valence-electron chi connectivity index (χ2n) is 6.25. The van der Waals surface area contributed by atoms with E-state index in [1.54, 1.807) is 20.8 Å². The fourth-order valence-corrected chi connectivity index (χ4v) is 3.70. The number of sulfonamides is 1. The van der Waals surface area contributed by atoms with Crippen molar-refractivity contribution < 1.29 is 22.1 Å².